The molecule has 7 heteroatoms. The van der Waals surface area contributed by atoms with E-state index < -0.39 is 11.2 Å². The summed E-state index contributed by atoms with van der Waals surface area (Å²) in [5.41, 5.74) is -1.05. The number of aryl methyl sites for hydroxylation is 1. The zero-order chi connectivity index (χ0) is 16.6. The second-order valence-corrected chi connectivity index (χ2v) is 6.72. The Balaban J connectivity index is 1.85. The summed E-state index contributed by atoms with van der Waals surface area (Å²) in [4.78, 5) is 42.7. The molecule has 0 aliphatic carbocycles. The fraction of sp³-hybridized carbons (Fsp3) is 0.688. The number of rotatable bonds is 3. The Morgan fingerprint density at radius 1 is 1.26 bits per heavy atom. The third-order valence-corrected chi connectivity index (χ3v) is 4.96. The van der Waals surface area contributed by atoms with Crippen molar-refractivity contribution in [3.05, 3.63) is 32.6 Å². The molecule has 1 amide bonds. The van der Waals surface area contributed by atoms with Gasteiger partial charge in [0.05, 0.1) is 0 Å². The second kappa shape index (κ2) is 6.31. The van der Waals surface area contributed by atoms with Gasteiger partial charge in [0.15, 0.2) is 0 Å². The summed E-state index contributed by atoms with van der Waals surface area (Å²) in [6.45, 7) is 5.62. The van der Waals surface area contributed by atoms with Crippen LogP contribution in [0.1, 0.15) is 36.5 Å². The quantitative estimate of drug-likeness (QED) is 0.852. The summed E-state index contributed by atoms with van der Waals surface area (Å²) < 4.78 is 1.24. The maximum Gasteiger partial charge on any atom is 0.328 e. The molecule has 7 nitrogen and oxygen atoms in total. The van der Waals surface area contributed by atoms with Gasteiger partial charge in [-0.3, -0.25) is 19.5 Å². The number of aromatic nitrogens is 2. The Morgan fingerprint density at radius 3 is 2.78 bits per heavy atom. The van der Waals surface area contributed by atoms with Crippen LogP contribution in [0.3, 0.4) is 0 Å². The predicted molar refractivity (Wildman–Crippen MR) is 86.6 cm³/mol. The van der Waals surface area contributed by atoms with Crippen molar-refractivity contribution < 1.29 is 4.79 Å². The number of hydrogen-bond acceptors (Lipinski definition) is 4. The first-order chi connectivity index (χ1) is 11.0. The molecule has 126 valence electrons. The van der Waals surface area contributed by atoms with E-state index in [1.807, 2.05) is 0 Å². The van der Waals surface area contributed by atoms with Gasteiger partial charge in [-0.15, -0.1) is 0 Å². The molecule has 3 aliphatic rings. The molecule has 0 unspecified atom stereocenters. The molecule has 2 bridgehead atoms. The summed E-state index contributed by atoms with van der Waals surface area (Å²) in [5.74, 6) is 0.202. The highest BCUT2D eigenvalue weighted by Crippen LogP contribution is 2.28. The molecule has 1 N–H and O–H groups in total. The molecule has 1 aromatic rings. The smallest absolute Gasteiger partial charge is 0.328 e. The largest absolute Gasteiger partial charge is 0.337 e. The van der Waals surface area contributed by atoms with Gasteiger partial charge >= 0.3 is 5.69 Å². The van der Waals surface area contributed by atoms with Crippen molar-refractivity contribution in [2.75, 3.05) is 26.2 Å². The number of aromatic amines is 1. The van der Waals surface area contributed by atoms with E-state index in [-0.39, 0.29) is 11.5 Å². The molecule has 4 rings (SSSR count). The van der Waals surface area contributed by atoms with E-state index in [1.54, 1.807) is 4.90 Å². The van der Waals surface area contributed by atoms with Crippen LogP contribution >= 0.6 is 0 Å². The van der Waals surface area contributed by atoms with Crippen molar-refractivity contribution in [2.45, 2.75) is 32.2 Å². The highest BCUT2D eigenvalue weighted by Gasteiger charge is 2.36. The van der Waals surface area contributed by atoms with Gasteiger partial charge in [0.25, 0.3) is 11.5 Å². The van der Waals surface area contributed by atoms with Crippen molar-refractivity contribution in [3.63, 3.8) is 0 Å². The maximum absolute atomic E-state index is 12.8. The third kappa shape index (κ3) is 3.10. The molecule has 3 saturated heterocycles. The van der Waals surface area contributed by atoms with Crippen molar-refractivity contribution in [1.82, 2.24) is 19.4 Å². The highest BCUT2D eigenvalue weighted by molar-refractivity contribution is 5.93. The summed E-state index contributed by atoms with van der Waals surface area (Å²) in [6.07, 6.45) is 4.70. The van der Waals surface area contributed by atoms with Gasteiger partial charge in [-0.1, -0.05) is 6.92 Å². The van der Waals surface area contributed by atoms with E-state index in [0.29, 0.717) is 25.0 Å². The lowest BCUT2D eigenvalue weighted by atomic mass is 9.95. The van der Waals surface area contributed by atoms with Crippen molar-refractivity contribution >= 4 is 5.91 Å². The van der Waals surface area contributed by atoms with Crippen LogP contribution in [0.5, 0.6) is 0 Å². The molecular formula is C16H24N4O3. The first kappa shape index (κ1) is 16.0. The molecule has 3 fully saturated rings. The number of nitrogens with one attached hydrogen (secondary N) is 1. The normalized spacial score (nSPS) is 24.7. The average molecular weight is 320 g/mol. The van der Waals surface area contributed by atoms with Crippen LogP contribution < -0.4 is 11.2 Å². The molecule has 0 spiro atoms. The number of hydrogen-bond donors (Lipinski definition) is 1. The van der Waals surface area contributed by atoms with Gasteiger partial charge in [0.1, 0.15) is 5.56 Å². The van der Waals surface area contributed by atoms with Crippen LogP contribution in [0.25, 0.3) is 0 Å². The monoisotopic (exact) mass is 320 g/mol. The molecule has 4 heterocycles. The summed E-state index contributed by atoms with van der Waals surface area (Å²) in [6, 6.07) is 0.379. The Labute approximate surface area is 134 Å². The number of piperidine rings is 1. The van der Waals surface area contributed by atoms with E-state index in [2.05, 4.69) is 16.8 Å². The van der Waals surface area contributed by atoms with E-state index in [1.165, 1.54) is 17.8 Å². The SMILES string of the molecule is CCCN1C[C@H]2CC[C@@H]1CN(C(=O)c1cn(C)c(=O)[nH]c1=O)C2. The van der Waals surface area contributed by atoms with Crippen LogP contribution in [0.15, 0.2) is 15.8 Å². The van der Waals surface area contributed by atoms with Crippen molar-refractivity contribution in [3.8, 4) is 0 Å². The molecule has 0 aromatic carbocycles. The average Bonchev–Trinajstić information content (AvgIpc) is 2.82. The highest BCUT2D eigenvalue weighted by atomic mass is 16.2. The maximum atomic E-state index is 12.8. The van der Waals surface area contributed by atoms with E-state index >= 15 is 0 Å². The molecule has 1 aromatic heterocycles. The Hall–Kier alpha value is -1.89. The fourth-order valence-electron chi connectivity index (χ4n) is 3.79. The summed E-state index contributed by atoms with van der Waals surface area (Å²) in [5, 5.41) is 0. The molecule has 3 aliphatic heterocycles. The van der Waals surface area contributed by atoms with E-state index in [0.717, 1.165) is 32.4 Å². The standard InChI is InChI=1S/C16H24N4O3/c1-3-6-19-7-11-4-5-12(19)9-20(8-11)15(22)13-10-18(2)16(23)17-14(13)21/h10-12H,3-9H2,1-2H3,(H,17,21,23)/t11-,12-/m1/s1. The van der Waals surface area contributed by atoms with Gasteiger partial charge in [0, 0.05) is 38.9 Å². The third-order valence-electron chi connectivity index (χ3n) is 4.96. The predicted octanol–water partition coefficient (Wildman–Crippen LogP) is 0.0200. The van der Waals surface area contributed by atoms with Crippen molar-refractivity contribution in [1.29, 1.82) is 0 Å². The van der Waals surface area contributed by atoms with Gasteiger partial charge < -0.3 is 9.47 Å². The van der Waals surface area contributed by atoms with Gasteiger partial charge in [-0.25, -0.2) is 4.79 Å². The topological polar surface area (TPSA) is 78.4 Å². The number of carbonyl (C=O) groups is 1. The Bertz CT molecular complexity index is 708. The number of nitrogens with zero attached hydrogens (tertiary/aromatic N) is 3. The molecule has 0 radical (unpaired) electrons. The lowest BCUT2D eigenvalue weighted by Crippen LogP contribution is -2.45. The van der Waals surface area contributed by atoms with Gasteiger partial charge in [0.2, 0.25) is 0 Å². The number of amides is 1. The Morgan fingerprint density at radius 2 is 2.04 bits per heavy atom. The zero-order valence-corrected chi connectivity index (χ0v) is 13.7. The van der Waals surface area contributed by atoms with E-state index in [4.69, 9.17) is 0 Å². The number of carbonyl (C=O) groups excluding carboxylic acids is 1. The van der Waals surface area contributed by atoms with Crippen molar-refractivity contribution in [2.24, 2.45) is 13.0 Å². The minimum absolute atomic E-state index is 0.0513. The lowest BCUT2D eigenvalue weighted by Gasteiger charge is -2.35. The van der Waals surface area contributed by atoms with Gasteiger partial charge in [-0.2, -0.15) is 0 Å². The van der Waals surface area contributed by atoms with Crippen LogP contribution in [-0.2, 0) is 7.05 Å². The first-order valence-electron chi connectivity index (χ1n) is 8.33. The molecule has 23 heavy (non-hydrogen) atoms. The minimum Gasteiger partial charge on any atom is -0.337 e. The fourth-order valence-corrected chi connectivity index (χ4v) is 3.79. The zero-order valence-electron chi connectivity index (χ0n) is 13.7. The number of H-pyrrole nitrogens is 1. The molecule has 0 saturated carbocycles. The van der Waals surface area contributed by atoms with Crippen LogP contribution in [0.4, 0.5) is 0 Å². The number of fused-ring (bicyclic) bond motifs is 4. The van der Waals surface area contributed by atoms with Crippen LogP contribution in [0.2, 0.25) is 0 Å². The molecular weight excluding hydrogens is 296 g/mol. The second-order valence-electron chi connectivity index (χ2n) is 6.72. The first-order valence-corrected chi connectivity index (χ1v) is 8.33. The van der Waals surface area contributed by atoms with Crippen LogP contribution in [-0.4, -0.2) is 57.5 Å². The van der Waals surface area contributed by atoms with Crippen LogP contribution in [0, 0.1) is 5.92 Å². The van der Waals surface area contributed by atoms with Gasteiger partial charge in [-0.05, 0) is 31.7 Å². The van der Waals surface area contributed by atoms with E-state index in [9.17, 15) is 14.4 Å². The molecule has 2 atom stereocenters. The minimum atomic E-state index is -0.597. The summed E-state index contributed by atoms with van der Waals surface area (Å²) >= 11 is 0. The summed E-state index contributed by atoms with van der Waals surface area (Å²) in [7, 11) is 1.53. The lowest BCUT2D eigenvalue weighted by molar-refractivity contribution is 0.0735. The Kier molecular flexibility index (Phi) is 4.39.